The fraction of sp³-hybridized carbons (Fsp3) is 0.400. The Balaban J connectivity index is 2.15. The van der Waals surface area contributed by atoms with Gasteiger partial charge in [-0.15, -0.1) is 0 Å². The minimum Gasteiger partial charge on any atom is -0.386 e. The van der Waals surface area contributed by atoms with E-state index in [-0.39, 0.29) is 12.2 Å². The Morgan fingerprint density at radius 3 is 1.85 bits per heavy atom. The van der Waals surface area contributed by atoms with Crippen molar-refractivity contribution >= 4 is 0 Å². The first-order chi connectivity index (χ1) is 6.29. The Hall–Kier alpha value is -0.900. The minimum absolute atomic E-state index is 0.190. The summed E-state index contributed by atoms with van der Waals surface area (Å²) in [6, 6.07) is 7.39. The van der Waals surface area contributed by atoms with Crippen LogP contribution in [0.3, 0.4) is 0 Å². The molecule has 1 aromatic rings. The molecule has 2 N–H and O–H groups in total. The summed E-state index contributed by atoms with van der Waals surface area (Å²) < 4.78 is 5.18. The molecule has 4 atom stereocenters. The van der Waals surface area contributed by atoms with E-state index in [0.717, 1.165) is 11.1 Å². The molecule has 0 bridgehead atoms. The number of hydrogen-bond acceptors (Lipinski definition) is 3. The zero-order valence-electron chi connectivity index (χ0n) is 6.92. The topological polar surface area (TPSA) is 53.0 Å². The van der Waals surface area contributed by atoms with Crippen molar-refractivity contribution in [3.05, 3.63) is 35.4 Å². The van der Waals surface area contributed by atoms with Gasteiger partial charge in [0.25, 0.3) is 0 Å². The molecule has 1 fully saturated rings. The summed E-state index contributed by atoms with van der Waals surface area (Å²) in [6.07, 6.45) is -1.51. The highest BCUT2D eigenvalue weighted by molar-refractivity contribution is 5.37. The molecule has 3 rings (SSSR count). The Morgan fingerprint density at radius 1 is 0.923 bits per heavy atom. The van der Waals surface area contributed by atoms with E-state index in [1.54, 1.807) is 0 Å². The predicted octanol–water partition coefficient (Wildman–Crippen LogP) is 0.534. The average Bonchev–Trinajstić information content (AvgIpc) is 2.94. The molecular formula is C10H10O3. The van der Waals surface area contributed by atoms with Gasteiger partial charge in [0.05, 0.1) is 0 Å². The fourth-order valence-corrected chi connectivity index (χ4v) is 2.05. The number of rotatable bonds is 0. The molecule has 0 aromatic heterocycles. The van der Waals surface area contributed by atoms with Gasteiger partial charge in [-0.25, -0.2) is 0 Å². The quantitative estimate of drug-likeness (QED) is 0.570. The number of benzene rings is 1. The van der Waals surface area contributed by atoms with Gasteiger partial charge in [0.2, 0.25) is 0 Å². The first-order valence-corrected chi connectivity index (χ1v) is 4.39. The van der Waals surface area contributed by atoms with Crippen LogP contribution in [0, 0.1) is 0 Å². The normalized spacial score (nSPS) is 40.8. The lowest BCUT2D eigenvalue weighted by atomic mass is 9.87. The van der Waals surface area contributed by atoms with Crippen molar-refractivity contribution in [1.82, 2.24) is 0 Å². The second kappa shape index (κ2) is 2.32. The van der Waals surface area contributed by atoms with Gasteiger partial charge in [0.15, 0.2) is 0 Å². The molecule has 2 aliphatic rings. The Kier molecular flexibility index (Phi) is 1.34. The monoisotopic (exact) mass is 178 g/mol. The highest BCUT2D eigenvalue weighted by Gasteiger charge is 2.54. The van der Waals surface area contributed by atoms with Crippen molar-refractivity contribution in [1.29, 1.82) is 0 Å². The number of aliphatic hydroxyl groups is 2. The summed E-state index contributed by atoms with van der Waals surface area (Å²) in [5.41, 5.74) is 1.60. The van der Waals surface area contributed by atoms with E-state index in [1.807, 2.05) is 24.3 Å². The number of epoxide rings is 1. The van der Waals surface area contributed by atoms with Crippen LogP contribution in [0.2, 0.25) is 0 Å². The lowest BCUT2D eigenvalue weighted by Gasteiger charge is -2.21. The molecule has 1 aromatic carbocycles. The third-order valence-corrected chi connectivity index (χ3v) is 2.82. The fourth-order valence-electron chi connectivity index (χ4n) is 2.05. The van der Waals surface area contributed by atoms with Gasteiger partial charge in [0.1, 0.15) is 24.4 Å². The van der Waals surface area contributed by atoms with E-state index in [1.165, 1.54) is 0 Å². The zero-order valence-corrected chi connectivity index (χ0v) is 6.92. The van der Waals surface area contributed by atoms with Crippen LogP contribution in [-0.2, 0) is 4.74 Å². The van der Waals surface area contributed by atoms with Crippen LogP contribution in [0.1, 0.15) is 23.3 Å². The lowest BCUT2D eigenvalue weighted by Crippen LogP contribution is -2.22. The first kappa shape index (κ1) is 7.50. The molecule has 1 aliphatic heterocycles. The van der Waals surface area contributed by atoms with Gasteiger partial charge in [-0.05, 0) is 11.1 Å². The summed E-state index contributed by atoms with van der Waals surface area (Å²) in [5, 5.41) is 19.5. The largest absolute Gasteiger partial charge is 0.386 e. The van der Waals surface area contributed by atoms with Gasteiger partial charge in [-0.3, -0.25) is 0 Å². The molecule has 3 heteroatoms. The van der Waals surface area contributed by atoms with E-state index in [0.29, 0.717) is 0 Å². The third kappa shape index (κ3) is 0.892. The SMILES string of the molecule is O[C@@H]1c2ccccc2[C@@H](O)[C@H]2O[C@H]21. The van der Waals surface area contributed by atoms with Crippen LogP contribution >= 0.6 is 0 Å². The third-order valence-electron chi connectivity index (χ3n) is 2.82. The van der Waals surface area contributed by atoms with Crippen LogP contribution < -0.4 is 0 Å². The molecule has 0 saturated carbocycles. The highest BCUT2D eigenvalue weighted by atomic mass is 16.6. The first-order valence-electron chi connectivity index (χ1n) is 4.39. The molecule has 1 heterocycles. The van der Waals surface area contributed by atoms with E-state index >= 15 is 0 Å². The number of ether oxygens (including phenoxy) is 1. The maximum absolute atomic E-state index is 9.75. The van der Waals surface area contributed by atoms with Gasteiger partial charge >= 0.3 is 0 Å². The van der Waals surface area contributed by atoms with Crippen LogP contribution in [0.5, 0.6) is 0 Å². The van der Waals surface area contributed by atoms with E-state index in [9.17, 15) is 10.2 Å². The maximum atomic E-state index is 9.75. The summed E-state index contributed by atoms with van der Waals surface area (Å²) in [7, 11) is 0. The van der Waals surface area contributed by atoms with Crippen LogP contribution in [0.15, 0.2) is 24.3 Å². The van der Waals surface area contributed by atoms with Crippen molar-refractivity contribution in [3.8, 4) is 0 Å². The van der Waals surface area contributed by atoms with E-state index in [4.69, 9.17) is 4.74 Å². The molecule has 13 heavy (non-hydrogen) atoms. The second-order valence-corrected chi connectivity index (χ2v) is 3.58. The van der Waals surface area contributed by atoms with Crippen molar-refractivity contribution in [2.45, 2.75) is 24.4 Å². The summed E-state index contributed by atoms with van der Waals surface area (Å²) >= 11 is 0. The van der Waals surface area contributed by atoms with Gasteiger partial charge in [0, 0.05) is 0 Å². The zero-order chi connectivity index (χ0) is 9.00. The molecule has 1 aliphatic carbocycles. The van der Waals surface area contributed by atoms with Gasteiger partial charge in [-0.2, -0.15) is 0 Å². The summed E-state index contributed by atoms with van der Waals surface area (Å²) in [5.74, 6) is 0. The average molecular weight is 178 g/mol. The van der Waals surface area contributed by atoms with Crippen molar-refractivity contribution in [2.24, 2.45) is 0 Å². The maximum Gasteiger partial charge on any atom is 0.117 e. The molecule has 0 radical (unpaired) electrons. The van der Waals surface area contributed by atoms with Gasteiger partial charge < -0.3 is 14.9 Å². The molecule has 3 nitrogen and oxygen atoms in total. The lowest BCUT2D eigenvalue weighted by molar-refractivity contribution is 0.119. The van der Waals surface area contributed by atoms with E-state index < -0.39 is 12.2 Å². The van der Waals surface area contributed by atoms with Gasteiger partial charge in [-0.1, -0.05) is 24.3 Å². The Labute approximate surface area is 75.6 Å². The predicted molar refractivity (Wildman–Crippen MR) is 45.0 cm³/mol. The summed E-state index contributed by atoms with van der Waals surface area (Å²) in [4.78, 5) is 0. The number of hydrogen-bond donors (Lipinski definition) is 2. The minimum atomic E-state index is -0.565. The van der Waals surface area contributed by atoms with E-state index in [2.05, 4.69) is 0 Å². The molecular weight excluding hydrogens is 168 g/mol. The molecule has 1 saturated heterocycles. The molecule has 68 valence electrons. The Bertz CT molecular complexity index is 317. The smallest absolute Gasteiger partial charge is 0.117 e. The van der Waals surface area contributed by atoms with Crippen LogP contribution in [-0.4, -0.2) is 22.4 Å². The number of fused-ring (bicyclic) bond motifs is 2. The standard InChI is InChI=1S/C10H10O3/c11-7-5-3-1-2-4-6(5)8(12)10-9(7)13-10/h1-4,7-12H/t7-,8-,9-,10+/m1/s1. The molecule has 0 spiro atoms. The van der Waals surface area contributed by atoms with Crippen LogP contribution in [0.25, 0.3) is 0 Å². The summed E-state index contributed by atoms with van der Waals surface area (Å²) in [6.45, 7) is 0. The van der Waals surface area contributed by atoms with Crippen molar-refractivity contribution in [2.75, 3.05) is 0 Å². The molecule has 0 unspecified atom stereocenters. The van der Waals surface area contributed by atoms with Crippen molar-refractivity contribution < 1.29 is 14.9 Å². The Morgan fingerprint density at radius 2 is 1.38 bits per heavy atom. The molecule has 0 amide bonds. The highest BCUT2D eigenvalue weighted by Crippen LogP contribution is 2.48. The second-order valence-electron chi connectivity index (χ2n) is 3.58. The van der Waals surface area contributed by atoms with Crippen molar-refractivity contribution in [3.63, 3.8) is 0 Å². The number of aliphatic hydroxyl groups excluding tert-OH is 2. The van der Waals surface area contributed by atoms with Crippen LogP contribution in [0.4, 0.5) is 0 Å².